The molecule has 0 aliphatic heterocycles. The summed E-state index contributed by atoms with van der Waals surface area (Å²) in [6.45, 7) is 0. The topological polar surface area (TPSA) is 33.1 Å². The van der Waals surface area contributed by atoms with Crippen molar-refractivity contribution in [2.24, 2.45) is 0 Å². The van der Waals surface area contributed by atoms with Crippen LogP contribution in [0.3, 0.4) is 0 Å². The summed E-state index contributed by atoms with van der Waals surface area (Å²) in [7, 11) is 0. The molecule has 0 saturated carbocycles. The summed E-state index contributed by atoms with van der Waals surface area (Å²) < 4.78 is 13.4. The van der Waals surface area contributed by atoms with E-state index in [-0.39, 0.29) is 5.82 Å². The quantitative estimate of drug-likeness (QED) is 0.856. The number of aliphatic hydroxyl groups excluding tert-OH is 1. The molecule has 0 aliphatic carbocycles. The van der Waals surface area contributed by atoms with Crippen LogP contribution >= 0.6 is 0 Å². The number of aliphatic hydroxyl groups is 1. The highest BCUT2D eigenvalue weighted by Gasteiger charge is 2.12. The maximum atomic E-state index is 13.4. The van der Waals surface area contributed by atoms with Gasteiger partial charge in [-0.3, -0.25) is 4.98 Å². The van der Waals surface area contributed by atoms with Gasteiger partial charge in [-0.2, -0.15) is 0 Å². The van der Waals surface area contributed by atoms with Gasteiger partial charge >= 0.3 is 0 Å². The lowest BCUT2D eigenvalue weighted by atomic mass is 10.0. The van der Waals surface area contributed by atoms with Crippen LogP contribution in [0.2, 0.25) is 0 Å². The predicted molar refractivity (Wildman–Crippen MR) is 59.3 cm³/mol. The zero-order valence-electron chi connectivity index (χ0n) is 8.68. The summed E-state index contributed by atoms with van der Waals surface area (Å²) >= 11 is 0. The molecule has 0 fully saturated rings. The van der Waals surface area contributed by atoms with Gasteiger partial charge in [0.15, 0.2) is 0 Å². The molecular formula is C13H12FNO. The molecule has 2 rings (SSSR count). The number of hydrogen-bond donors (Lipinski definition) is 1. The van der Waals surface area contributed by atoms with Crippen LogP contribution < -0.4 is 0 Å². The van der Waals surface area contributed by atoms with E-state index in [0.717, 1.165) is 5.69 Å². The Hall–Kier alpha value is -1.74. The molecule has 0 amide bonds. The molecule has 1 N–H and O–H groups in total. The van der Waals surface area contributed by atoms with Gasteiger partial charge in [0.05, 0.1) is 6.10 Å². The first-order valence-electron chi connectivity index (χ1n) is 5.10. The molecule has 0 aliphatic rings. The molecule has 1 aromatic heterocycles. The number of pyridine rings is 1. The molecular weight excluding hydrogens is 205 g/mol. The number of hydrogen-bond acceptors (Lipinski definition) is 2. The monoisotopic (exact) mass is 217 g/mol. The van der Waals surface area contributed by atoms with E-state index in [1.165, 1.54) is 6.07 Å². The second-order valence-electron chi connectivity index (χ2n) is 3.56. The first kappa shape index (κ1) is 10.8. The Morgan fingerprint density at radius 1 is 1.12 bits per heavy atom. The third kappa shape index (κ3) is 2.44. The maximum Gasteiger partial charge on any atom is 0.129 e. The highest BCUT2D eigenvalue weighted by molar-refractivity contribution is 5.21. The minimum atomic E-state index is -0.851. The molecule has 0 spiro atoms. The van der Waals surface area contributed by atoms with Crippen LogP contribution in [0.25, 0.3) is 0 Å². The van der Waals surface area contributed by atoms with Crippen LogP contribution in [0.15, 0.2) is 48.7 Å². The minimum Gasteiger partial charge on any atom is -0.388 e. The second-order valence-corrected chi connectivity index (χ2v) is 3.56. The van der Waals surface area contributed by atoms with Crippen LogP contribution in [0.4, 0.5) is 4.39 Å². The molecule has 2 aromatic rings. The number of aromatic nitrogens is 1. The fourth-order valence-corrected chi connectivity index (χ4v) is 1.57. The van der Waals surface area contributed by atoms with E-state index in [2.05, 4.69) is 4.98 Å². The molecule has 1 atom stereocenters. The molecule has 0 bridgehead atoms. The van der Waals surface area contributed by atoms with E-state index in [1.54, 1.807) is 30.5 Å². The smallest absolute Gasteiger partial charge is 0.129 e. The van der Waals surface area contributed by atoms with Crippen molar-refractivity contribution < 1.29 is 9.50 Å². The lowest BCUT2D eigenvalue weighted by Crippen LogP contribution is -2.05. The fourth-order valence-electron chi connectivity index (χ4n) is 1.57. The summed E-state index contributed by atoms with van der Waals surface area (Å²) in [5.74, 6) is -0.383. The Balaban J connectivity index is 2.15. The molecule has 1 aromatic carbocycles. The zero-order chi connectivity index (χ0) is 11.4. The Labute approximate surface area is 93.4 Å². The molecule has 0 saturated heterocycles. The van der Waals surface area contributed by atoms with Gasteiger partial charge in [-0.15, -0.1) is 0 Å². The van der Waals surface area contributed by atoms with E-state index in [4.69, 9.17) is 0 Å². The molecule has 0 radical (unpaired) electrons. The van der Waals surface area contributed by atoms with Gasteiger partial charge in [0, 0.05) is 23.9 Å². The lowest BCUT2D eigenvalue weighted by molar-refractivity contribution is 0.172. The van der Waals surface area contributed by atoms with Gasteiger partial charge in [0.1, 0.15) is 5.82 Å². The van der Waals surface area contributed by atoms with Crippen LogP contribution in [-0.2, 0) is 6.42 Å². The van der Waals surface area contributed by atoms with Crippen molar-refractivity contribution in [2.45, 2.75) is 12.5 Å². The van der Waals surface area contributed by atoms with Gasteiger partial charge in [-0.1, -0.05) is 24.3 Å². The van der Waals surface area contributed by atoms with Gasteiger partial charge in [0.25, 0.3) is 0 Å². The fraction of sp³-hybridized carbons (Fsp3) is 0.154. The summed E-state index contributed by atoms with van der Waals surface area (Å²) in [5.41, 5.74) is 1.06. The summed E-state index contributed by atoms with van der Waals surface area (Å²) in [6, 6.07) is 11.7. The van der Waals surface area contributed by atoms with E-state index in [1.807, 2.05) is 12.1 Å². The van der Waals surface area contributed by atoms with Crippen molar-refractivity contribution in [3.63, 3.8) is 0 Å². The van der Waals surface area contributed by atoms with Crippen LogP contribution in [0.1, 0.15) is 17.4 Å². The Kier molecular flexibility index (Phi) is 3.27. The van der Waals surface area contributed by atoms with Crippen molar-refractivity contribution in [3.8, 4) is 0 Å². The van der Waals surface area contributed by atoms with Crippen molar-refractivity contribution >= 4 is 0 Å². The number of nitrogens with zero attached hydrogens (tertiary/aromatic N) is 1. The number of rotatable bonds is 3. The maximum absolute atomic E-state index is 13.4. The summed E-state index contributed by atoms with van der Waals surface area (Å²) in [4.78, 5) is 4.09. The lowest BCUT2D eigenvalue weighted by Gasteiger charge is -2.11. The Morgan fingerprint density at radius 2 is 1.88 bits per heavy atom. The van der Waals surface area contributed by atoms with Crippen molar-refractivity contribution in [2.75, 3.05) is 0 Å². The van der Waals surface area contributed by atoms with E-state index >= 15 is 0 Å². The van der Waals surface area contributed by atoms with Crippen LogP contribution in [0, 0.1) is 5.82 Å². The van der Waals surface area contributed by atoms with Gasteiger partial charge in [-0.25, -0.2) is 4.39 Å². The van der Waals surface area contributed by atoms with Gasteiger partial charge < -0.3 is 5.11 Å². The van der Waals surface area contributed by atoms with Crippen molar-refractivity contribution in [1.29, 1.82) is 0 Å². The van der Waals surface area contributed by atoms with E-state index in [0.29, 0.717) is 12.0 Å². The van der Waals surface area contributed by atoms with Crippen LogP contribution in [-0.4, -0.2) is 10.1 Å². The predicted octanol–water partition coefficient (Wildman–Crippen LogP) is 2.50. The third-order valence-corrected chi connectivity index (χ3v) is 2.39. The second kappa shape index (κ2) is 4.86. The summed E-state index contributed by atoms with van der Waals surface area (Å²) in [5, 5.41) is 9.87. The highest BCUT2D eigenvalue weighted by atomic mass is 19.1. The molecule has 1 heterocycles. The minimum absolute atomic E-state index is 0.313. The summed E-state index contributed by atoms with van der Waals surface area (Å²) in [6.07, 6.45) is 1.13. The van der Waals surface area contributed by atoms with E-state index < -0.39 is 6.10 Å². The van der Waals surface area contributed by atoms with Crippen molar-refractivity contribution in [3.05, 3.63) is 65.7 Å². The van der Waals surface area contributed by atoms with Crippen LogP contribution in [0.5, 0.6) is 0 Å². The normalized spacial score (nSPS) is 12.4. The largest absolute Gasteiger partial charge is 0.388 e. The highest BCUT2D eigenvalue weighted by Crippen LogP contribution is 2.19. The zero-order valence-corrected chi connectivity index (χ0v) is 8.68. The standard InChI is InChI=1S/C13H12FNO/c14-12-7-2-1-6-11(12)13(16)9-10-5-3-4-8-15-10/h1-8,13,16H,9H2. The first-order chi connectivity index (χ1) is 7.77. The molecule has 2 nitrogen and oxygen atoms in total. The number of benzene rings is 1. The van der Waals surface area contributed by atoms with Crippen molar-refractivity contribution in [1.82, 2.24) is 4.98 Å². The van der Waals surface area contributed by atoms with Gasteiger partial charge in [-0.05, 0) is 18.2 Å². The molecule has 3 heteroatoms. The average molecular weight is 217 g/mol. The van der Waals surface area contributed by atoms with E-state index in [9.17, 15) is 9.50 Å². The Bertz CT molecular complexity index is 458. The molecule has 1 unspecified atom stereocenters. The Morgan fingerprint density at radius 3 is 2.56 bits per heavy atom. The SMILES string of the molecule is OC(Cc1ccccn1)c1ccccc1F. The average Bonchev–Trinajstić information content (AvgIpc) is 2.31. The van der Waals surface area contributed by atoms with Gasteiger partial charge in [0.2, 0.25) is 0 Å². The molecule has 16 heavy (non-hydrogen) atoms. The third-order valence-electron chi connectivity index (χ3n) is 2.39. The molecule has 82 valence electrons. The first-order valence-corrected chi connectivity index (χ1v) is 5.10. The number of halogens is 1.